The van der Waals surface area contributed by atoms with E-state index in [4.69, 9.17) is 9.47 Å². The summed E-state index contributed by atoms with van der Waals surface area (Å²) in [6, 6.07) is 4.14. The number of rotatable bonds is 6. The van der Waals surface area contributed by atoms with E-state index in [1.807, 2.05) is 13.0 Å². The van der Waals surface area contributed by atoms with Crippen LogP contribution < -0.4 is 10.1 Å². The van der Waals surface area contributed by atoms with Gasteiger partial charge in [0.15, 0.2) is 0 Å². The van der Waals surface area contributed by atoms with Gasteiger partial charge in [0, 0.05) is 36.3 Å². The molecule has 2 rings (SSSR count). The summed E-state index contributed by atoms with van der Waals surface area (Å²) in [4.78, 5) is 0. The summed E-state index contributed by atoms with van der Waals surface area (Å²) in [6.45, 7) is 8.59. The zero-order chi connectivity index (χ0) is 15.3. The van der Waals surface area contributed by atoms with Crippen LogP contribution in [0.15, 0.2) is 21.1 Å². The maximum Gasteiger partial charge on any atom is 0.138 e. The first kappa shape index (κ1) is 17.3. The minimum atomic E-state index is 0.341. The highest BCUT2D eigenvalue weighted by Gasteiger charge is 2.26. The molecule has 118 valence electrons. The molecule has 21 heavy (non-hydrogen) atoms. The van der Waals surface area contributed by atoms with Crippen LogP contribution in [0, 0.1) is 5.41 Å². The third-order valence-corrected chi connectivity index (χ3v) is 4.99. The Balaban J connectivity index is 1.98. The molecule has 1 aromatic rings. The monoisotopic (exact) mass is 419 g/mol. The Kier molecular flexibility index (Phi) is 6.53. The molecule has 1 aliphatic rings. The highest BCUT2D eigenvalue weighted by molar-refractivity contribution is 9.11. The van der Waals surface area contributed by atoms with Gasteiger partial charge in [-0.05, 0) is 53.2 Å². The van der Waals surface area contributed by atoms with Crippen molar-refractivity contribution in [3.8, 4) is 5.75 Å². The maximum absolute atomic E-state index is 5.76. The van der Waals surface area contributed by atoms with Crippen LogP contribution >= 0.6 is 31.9 Å². The predicted molar refractivity (Wildman–Crippen MR) is 92.9 cm³/mol. The van der Waals surface area contributed by atoms with E-state index in [2.05, 4.69) is 50.2 Å². The Morgan fingerprint density at radius 3 is 2.67 bits per heavy atom. The van der Waals surface area contributed by atoms with Crippen molar-refractivity contribution < 1.29 is 9.47 Å². The Morgan fingerprint density at radius 2 is 2.00 bits per heavy atom. The fourth-order valence-corrected chi connectivity index (χ4v) is 4.02. The molecule has 0 aromatic heterocycles. The Bertz CT molecular complexity index is 474. The van der Waals surface area contributed by atoms with Crippen LogP contribution in [0.2, 0.25) is 0 Å². The Morgan fingerprint density at radius 1 is 1.29 bits per heavy atom. The van der Waals surface area contributed by atoms with E-state index in [-0.39, 0.29) is 0 Å². The number of hydrogen-bond acceptors (Lipinski definition) is 3. The quantitative estimate of drug-likeness (QED) is 0.733. The SMILES string of the molecule is CCOc1c(Br)cc(Br)cc1CNCC1(C)CCOCC1. The summed E-state index contributed by atoms with van der Waals surface area (Å²) in [7, 11) is 0. The molecule has 0 atom stereocenters. The van der Waals surface area contributed by atoms with Gasteiger partial charge in [0.25, 0.3) is 0 Å². The molecule has 0 spiro atoms. The van der Waals surface area contributed by atoms with E-state index in [9.17, 15) is 0 Å². The van der Waals surface area contributed by atoms with Crippen LogP contribution in [-0.2, 0) is 11.3 Å². The van der Waals surface area contributed by atoms with Gasteiger partial charge in [0.1, 0.15) is 5.75 Å². The van der Waals surface area contributed by atoms with Gasteiger partial charge in [-0.15, -0.1) is 0 Å². The molecule has 1 aromatic carbocycles. The van der Waals surface area contributed by atoms with Crippen molar-refractivity contribution in [3.05, 3.63) is 26.6 Å². The van der Waals surface area contributed by atoms with E-state index in [1.165, 1.54) is 5.56 Å². The van der Waals surface area contributed by atoms with Crippen LogP contribution in [0.1, 0.15) is 32.3 Å². The Labute approximate surface area is 144 Å². The predicted octanol–water partition coefficient (Wildman–Crippen LogP) is 4.52. The largest absolute Gasteiger partial charge is 0.492 e. The molecule has 1 aliphatic heterocycles. The third kappa shape index (κ3) is 4.95. The summed E-state index contributed by atoms with van der Waals surface area (Å²) in [5.74, 6) is 0.935. The highest BCUT2D eigenvalue weighted by Crippen LogP contribution is 2.33. The van der Waals surface area contributed by atoms with Gasteiger partial charge >= 0.3 is 0 Å². The normalized spacial score (nSPS) is 17.7. The lowest BCUT2D eigenvalue weighted by molar-refractivity contribution is 0.0240. The van der Waals surface area contributed by atoms with Crippen molar-refractivity contribution in [3.63, 3.8) is 0 Å². The number of halogens is 2. The van der Waals surface area contributed by atoms with E-state index in [0.717, 1.165) is 53.8 Å². The number of ether oxygens (including phenoxy) is 2. The second kappa shape index (κ2) is 7.95. The van der Waals surface area contributed by atoms with Gasteiger partial charge in [-0.3, -0.25) is 0 Å². The van der Waals surface area contributed by atoms with E-state index < -0.39 is 0 Å². The van der Waals surface area contributed by atoms with E-state index >= 15 is 0 Å². The molecular formula is C16H23Br2NO2. The molecule has 1 heterocycles. The van der Waals surface area contributed by atoms with Crippen LogP contribution in [0.3, 0.4) is 0 Å². The number of benzene rings is 1. The van der Waals surface area contributed by atoms with Crippen LogP contribution in [-0.4, -0.2) is 26.4 Å². The molecule has 0 bridgehead atoms. The van der Waals surface area contributed by atoms with Gasteiger partial charge in [-0.1, -0.05) is 22.9 Å². The fourth-order valence-electron chi connectivity index (χ4n) is 2.59. The van der Waals surface area contributed by atoms with Gasteiger partial charge in [0.2, 0.25) is 0 Å². The van der Waals surface area contributed by atoms with Crippen molar-refractivity contribution in [1.29, 1.82) is 0 Å². The minimum absolute atomic E-state index is 0.341. The summed E-state index contributed by atoms with van der Waals surface area (Å²) in [5, 5.41) is 3.59. The molecule has 0 saturated carbocycles. The molecule has 1 N–H and O–H groups in total. The zero-order valence-corrected chi connectivity index (χ0v) is 15.8. The average molecular weight is 421 g/mol. The zero-order valence-electron chi connectivity index (χ0n) is 12.7. The summed E-state index contributed by atoms with van der Waals surface area (Å²) in [6.07, 6.45) is 2.25. The van der Waals surface area contributed by atoms with Crippen LogP contribution in [0.5, 0.6) is 5.75 Å². The summed E-state index contributed by atoms with van der Waals surface area (Å²) in [5.41, 5.74) is 1.52. The van der Waals surface area contributed by atoms with E-state index in [1.54, 1.807) is 0 Å². The minimum Gasteiger partial charge on any atom is -0.492 e. The molecular weight excluding hydrogens is 398 g/mol. The van der Waals surface area contributed by atoms with Crippen molar-refractivity contribution in [2.45, 2.75) is 33.2 Å². The maximum atomic E-state index is 5.76. The highest BCUT2D eigenvalue weighted by atomic mass is 79.9. The Hall–Kier alpha value is -0.100. The summed E-state index contributed by atoms with van der Waals surface area (Å²) >= 11 is 7.13. The second-order valence-corrected chi connectivity index (χ2v) is 7.61. The first-order valence-electron chi connectivity index (χ1n) is 7.43. The number of hydrogen-bond donors (Lipinski definition) is 1. The molecule has 3 nitrogen and oxygen atoms in total. The molecule has 0 unspecified atom stereocenters. The first-order valence-corrected chi connectivity index (χ1v) is 9.02. The lowest BCUT2D eigenvalue weighted by Gasteiger charge is -2.33. The van der Waals surface area contributed by atoms with Crippen molar-refractivity contribution in [2.75, 3.05) is 26.4 Å². The average Bonchev–Trinajstić information content (AvgIpc) is 2.43. The standard InChI is InChI=1S/C16H23Br2NO2/c1-3-21-15-12(8-13(17)9-14(15)18)10-19-11-16(2)4-6-20-7-5-16/h8-9,19H,3-7,10-11H2,1-2H3. The van der Waals surface area contributed by atoms with Crippen molar-refractivity contribution >= 4 is 31.9 Å². The lowest BCUT2D eigenvalue weighted by Crippen LogP contribution is -2.36. The third-order valence-electron chi connectivity index (χ3n) is 3.94. The van der Waals surface area contributed by atoms with Gasteiger partial charge < -0.3 is 14.8 Å². The van der Waals surface area contributed by atoms with Gasteiger partial charge in [0.05, 0.1) is 11.1 Å². The second-order valence-electron chi connectivity index (χ2n) is 5.84. The molecule has 1 fully saturated rings. The van der Waals surface area contributed by atoms with Crippen LogP contribution in [0.4, 0.5) is 0 Å². The smallest absolute Gasteiger partial charge is 0.138 e. The van der Waals surface area contributed by atoms with Crippen molar-refractivity contribution in [1.82, 2.24) is 5.32 Å². The summed E-state index contributed by atoms with van der Waals surface area (Å²) < 4.78 is 13.3. The molecule has 0 amide bonds. The molecule has 5 heteroatoms. The lowest BCUT2D eigenvalue weighted by atomic mass is 9.82. The molecule has 1 saturated heterocycles. The first-order chi connectivity index (χ1) is 10.0. The fraction of sp³-hybridized carbons (Fsp3) is 0.625. The molecule has 0 radical (unpaired) electrons. The van der Waals surface area contributed by atoms with E-state index in [0.29, 0.717) is 12.0 Å². The van der Waals surface area contributed by atoms with Crippen molar-refractivity contribution in [2.24, 2.45) is 5.41 Å². The molecule has 0 aliphatic carbocycles. The van der Waals surface area contributed by atoms with Crippen LogP contribution in [0.25, 0.3) is 0 Å². The van der Waals surface area contributed by atoms with Gasteiger partial charge in [-0.2, -0.15) is 0 Å². The topological polar surface area (TPSA) is 30.5 Å². The number of nitrogens with one attached hydrogen (secondary N) is 1. The van der Waals surface area contributed by atoms with Gasteiger partial charge in [-0.25, -0.2) is 0 Å².